The third-order valence-corrected chi connectivity index (χ3v) is 1.03. The lowest BCUT2D eigenvalue weighted by Crippen LogP contribution is -2.11. The minimum Gasteiger partial charge on any atom is -0.392 e. The van der Waals surface area contributed by atoms with E-state index >= 15 is 0 Å². The topological polar surface area (TPSA) is 32.3 Å². The van der Waals surface area contributed by atoms with Gasteiger partial charge in [0.15, 0.2) is 0 Å². The summed E-state index contributed by atoms with van der Waals surface area (Å²) < 4.78 is 0. The van der Waals surface area contributed by atoms with E-state index < -0.39 is 0 Å². The van der Waals surface area contributed by atoms with Crippen molar-refractivity contribution >= 4 is 13.5 Å². The minimum absolute atomic E-state index is 0. The molecule has 2 nitrogen and oxygen atoms in total. The van der Waals surface area contributed by atoms with E-state index in [1.54, 1.807) is 0 Å². The van der Waals surface area contributed by atoms with Crippen LogP contribution in [0.4, 0.5) is 0 Å². The Balaban J connectivity index is 0.000000360. The molecule has 0 bridgehead atoms. The van der Waals surface area contributed by atoms with Crippen molar-refractivity contribution in [2.45, 2.75) is 12.5 Å². The predicted octanol–water partition coefficient (Wildman–Crippen LogP) is -0.547. The average Bonchev–Trinajstić information content (AvgIpc) is 1.86. The van der Waals surface area contributed by atoms with Crippen molar-refractivity contribution in [3.05, 3.63) is 0 Å². The second-order valence-corrected chi connectivity index (χ2v) is 1.65. The van der Waals surface area contributed by atoms with Gasteiger partial charge in [-0.3, -0.25) is 0 Å². The van der Waals surface area contributed by atoms with Gasteiger partial charge in [0.1, 0.15) is 0 Å². The van der Waals surface area contributed by atoms with Crippen LogP contribution < -0.4 is 5.32 Å². The summed E-state index contributed by atoms with van der Waals surface area (Å²) >= 11 is 0. The maximum Gasteiger partial charge on any atom is 0.0676 e. The molecule has 0 saturated carbocycles. The molecule has 0 aromatic heterocycles. The van der Waals surface area contributed by atoms with Gasteiger partial charge in [0.2, 0.25) is 0 Å². The zero-order valence-corrected chi connectivity index (χ0v) is 5.15. The molecule has 2 N–H and O–H groups in total. The molecular formula is C4H11NOS. The first kappa shape index (κ1) is 7.27. The number of aliphatic hydroxyl groups excluding tert-OH is 1. The fourth-order valence-electron chi connectivity index (χ4n) is 0.639. The zero-order chi connectivity index (χ0) is 4.41. The highest BCUT2D eigenvalue weighted by molar-refractivity contribution is 7.59. The average molecular weight is 121 g/mol. The van der Waals surface area contributed by atoms with Crippen LogP contribution in [0.5, 0.6) is 0 Å². The van der Waals surface area contributed by atoms with Crippen molar-refractivity contribution in [2.24, 2.45) is 0 Å². The van der Waals surface area contributed by atoms with Crippen LogP contribution in [0.1, 0.15) is 6.42 Å². The van der Waals surface area contributed by atoms with Gasteiger partial charge >= 0.3 is 0 Å². The molecule has 44 valence electrons. The molecule has 0 amide bonds. The Morgan fingerprint density at radius 2 is 2.29 bits per heavy atom. The maximum absolute atomic E-state index is 8.67. The fourth-order valence-corrected chi connectivity index (χ4v) is 0.639. The molecule has 0 unspecified atom stereocenters. The normalized spacial score (nSPS) is 29.6. The Labute approximate surface area is 50.4 Å². The van der Waals surface area contributed by atoms with E-state index in [4.69, 9.17) is 5.11 Å². The lowest BCUT2D eigenvalue weighted by atomic mass is 10.3. The maximum atomic E-state index is 8.67. The Kier molecular flexibility index (Phi) is 3.42. The van der Waals surface area contributed by atoms with Crippen LogP contribution in [0.2, 0.25) is 0 Å². The van der Waals surface area contributed by atoms with E-state index in [-0.39, 0.29) is 19.6 Å². The summed E-state index contributed by atoms with van der Waals surface area (Å²) in [7, 11) is 0. The standard InChI is InChI=1S/C4H9NO.H2S/c6-4-1-2-5-3-4;/h4-6H,1-3H2;1H2/t4-;/m0./s1. The van der Waals surface area contributed by atoms with Gasteiger partial charge in [-0.2, -0.15) is 13.5 Å². The molecule has 3 heteroatoms. The summed E-state index contributed by atoms with van der Waals surface area (Å²) in [4.78, 5) is 0. The summed E-state index contributed by atoms with van der Waals surface area (Å²) in [5.74, 6) is 0. The smallest absolute Gasteiger partial charge is 0.0676 e. The second kappa shape index (κ2) is 3.29. The second-order valence-electron chi connectivity index (χ2n) is 1.65. The van der Waals surface area contributed by atoms with Crippen LogP contribution in [-0.2, 0) is 0 Å². The fraction of sp³-hybridized carbons (Fsp3) is 1.00. The molecule has 7 heavy (non-hydrogen) atoms. The zero-order valence-electron chi connectivity index (χ0n) is 4.15. The summed E-state index contributed by atoms with van der Waals surface area (Å²) in [5.41, 5.74) is 0. The first-order chi connectivity index (χ1) is 2.89. The molecule has 1 saturated heterocycles. The van der Waals surface area contributed by atoms with Gasteiger partial charge in [-0.15, -0.1) is 0 Å². The highest BCUT2D eigenvalue weighted by Gasteiger charge is 2.08. The highest BCUT2D eigenvalue weighted by Crippen LogP contribution is 1.93. The number of hydrogen-bond donors (Lipinski definition) is 2. The third-order valence-electron chi connectivity index (χ3n) is 1.03. The summed E-state index contributed by atoms with van der Waals surface area (Å²) in [6, 6.07) is 0. The highest BCUT2D eigenvalue weighted by atomic mass is 32.1. The first-order valence-electron chi connectivity index (χ1n) is 2.28. The molecule has 1 aliphatic rings. The molecular weight excluding hydrogens is 110 g/mol. The van der Waals surface area contributed by atoms with Crippen LogP contribution in [-0.4, -0.2) is 24.3 Å². The van der Waals surface area contributed by atoms with Crippen molar-refractivity contribution in [2.75, 3.05) is 13.1 Å². The third kappa shape index (κ3) is 2.16. The largest absolute Gasteiger partial charge is 0.392 e. The molecule has 1 rings (SSSR count). The SMILES string of the molecule is O[C@H]1CCNC1.S. The van der Waals surface area contributed by atoms with Crippen molar-refractivity contribution in [3.63, 3.8) is 0 Å². The van der Waals surface area contributed by atoms with Gasteiger partial charge < -0.3 is 10.4 Å². The molecule has 0 radical (unpaired) electrons. The van der Waals surface area contributed by atoms with Crippen LogP contribution in [0.15, 0.2) is 0 Å². The number of nitrogens with one attached hydrogen (secondary N) is 1. The van der Waals surface area contributed by atoms with Gasteiger partial charge in [0.25, 0.3) is 0 Å². The molecule has 0 spiro atoms. The molecule has 1 fully saturated rings. The minimum atomic E-state index is -0.0648. The van der Waals surface area contributed by atoms with E-state index in [1.165, 1.54) is 0 Å². The molecule has 0 aromatic carbocycles. The summed E-state index contributed by atoms with van der Waals surface area (Å²) in [6.45, 7) is 1.78. The Hall–Kier alpha value is 0.270. The number of hydrogen-bond acceptors (Lipinski definition) is 2. The molecule has 0 aromatic rings. The summed E-state index contributed by atoms with van der Waals surface area (Å²) in [5, 5.41) is 11.7. The molecule has 0 aliphatic carbocycles. The van der Waals surface area contributed by atoms with E-state index in [0.29, 0.717) is 0 Å². The quantitative estimate of drug-likeness (QED) is 0.451. The Bertz CT molecular complexity index is 45.0. The van der Waals surface area contributed by atoms with Crippen LogP contribution in [0.3, 0.4) is 0 Å². The Morgan fingerprint density at radius 3 is 2.43 bits per heavy atom. The van der Waals surface area contributed by atoms with Crippen molar-refractivity contribution in [1.29, 1.82) is 0 Å². The van der Waals surface area contributed by atoms with E-state index in [2.05, 4.69) is 5.32 Å². The van der Waals surface area contributed by atoms with E-state index in [9.17, 15) is 0 Å². The van der Waals surface area contributed by atoms with Gasteiger partial charge in [0.05, 0.1) is 6.10 Å². The van der Waals surface area contributed by atoms with Gasteiger partial charge in [-0.1, -0.05) is 0 Å². The molecule has 1 aliphatic heterocycles. The summed E-state index contributed by atoms with van der Waals surface area (Å²) in [6.07, 6.45) is 0.866. The van der Waals surface area contributed by atoms with Gasteiger partial charge in [-0.05, 0) is 13.0 Å². The van der Waals surface area contributed by atoms with Crippen molar-refractivity contribution in [3.8, 4) is 0 Å². The molecule has 1 heterocycles. The molecule has 1 atom stereocenters. The van der Waals surface area contributed by atoms with Gasteiger partial charge in [0, 0.05) is 6.54 Å². The van der Waals surface area contributed by atoms with Crippen molar-refractivity contribution in [1.82, 2.24) is 5.32 Å². The number of β-amino-alcohol motifs (C(OH)–C–C–N with tert-alkyl or cyclic N) is 1. The van der Waals surface area contributed by atoms with Crippen LogP contribution in [0, 0.1) is 0 Å². The van der Waals surface area contributed by atoms with Gasteiger partial charge in [-0.25, -0.2) is 0 Å². The Morgan fingerprint density at radius 1 is 1.57 bits per heavy atom. The predicted molar refractivity (Wildman–Crippen MR) is 33.9 cm³/mol. The van der Waals surface area contributed by atoms with E-state index in [0.717, 1.165) is 19.5 Å². The number of aliphatic hydroxyl groups is 1. The van der Waals surface area contributed by atoms with Crippen LogP contribution >= 0.6 is 13.5 Å². The van der Waals surface area contributed by atoms with Crippen molar-refractivity contribution < 1.29 is 5.11 Å². The van der Waals surface area contributed by atoms with E-state index in [1.807, 2.05) is 0 Å². The monoisotopic (exact) mass is 121 g/mol. The van der Waals surface area contributed by atoms with Crippen LogP contribution in [0.25, 0.3) is 0 Å². The number of rotatable bonds is 0. The lowest BCUT2D eigenvalue weighted by Gasteiger charge is -1.90. The first-order valence-corrected chi connectivity index (χ1v) is 2.28. The lowest BCUT2D eigenvalue weighted by molar-refractivity contribution is 0.196.